The van der Waals surface area contributed by atoms with Crippen LogP contribution in [0.25, 0.3) is 11.0 Å². The lowest BCUT2D eigenvalue weighted by atomic mass is 10.2. The number of aromatic nitrogens is 4. The van der Waals surface area contributed by atoms with Crippen LogP contribution in [0.1, 0.15) is 32.6 Å². The van der Waals surface area contributed by atoms with Gasteiger partial charge in [0, 0.05) is 31.1 Å². The zero-order valence-corrected chi connectivity index (χ0v) is 17.6. The minimum Gasteiger partial charge on any atom is -0.347 e. The molecule has 4 aromatic rings. The summed E-state index contributed by atoms with van der Waals surface area (Å²) in [4.78, 5) is 27.7. The third kappa shape index (κ3) is 5.48. The van der Waals surface area contributed by atoms with Crippen molar-refractivity contribution in [1.29, 1.82) is 0 Å². The van der Waals surface area contributed by atoms with Gasteiger partial charge in [-0.25, -0.2) is 9.97 Å². The van der Waals surface area contributed by atoms with E-state index in [1.807, 2.05) is 24.3 Å². The van der Waals surface area contributed by atoms with E-state index in [1.54, 1.807) is 5.38 Å². The number of fused-ring (bicyclic) bond motifs is 1. The number of aromatic amines is 1. The zero-order chi connectivity index (χ0) is 22.6. The van der Waals surface area contributed by atoms with E-state index in [1.165, 1.54) is 17.4 Å². The van der Waals surface area contributed by atoms with E-state index in [0.717, 1.165) is 34.1 Å². The fourth-order valence-electron chi connectivity index (χ4n) is 2.99. The predicted octanol–water partition coefficient (Wildman–Crippen LogP) is 3.70. The number of alkyl halides is 3. The van der Waals surface area contributed by atoms with E-state index in [0.29, 0.717) is 25.1 Å². The Morgan fingerprint density at radius 2 is 1.94 bits per heavy atom. The Kier molecular flexibility index (Phi) is 6.47. The summed E-state index contributed by atoms with van der Waals surface area (Å²) in [7, 11) is 0. The van der Waals surface area contributed by atoms with Crippen molar-refractivity contribution >= 4 is 28.3 Å². The van der Waals surface area contributed by atoms with Crippen LogP contribution in [0.5, 0.6) is 0 Å². The molecule has 7 nitrogen and oxygen atoms in total. The predicted molar refractivity (Wildman–Crippen MR) is 114 cm³/mol. The summed E-state index contributed by atoms with van der Waals surface area (Å²) in [6.07, 6.45) is -2.73. The average molecular weight is 460 g/mol. The lowest BCUT2D eigenvalue weighted by molar-refractivity contribution is -0.141. The number of nitrogens with one attached hydrogen (secondary N) is 3. The summed E-state index contributed by atoms with van der Waals surface area (Å²) in [5.74, 6) is 0.464. The third-order valence-electron chi connectivity index (χ3n) is 4.60. The van der Waals surface area contributed by atoms with Crippen molar-refractivity contribution in [2.75, 3.05) is 6.54 Å². The smallest absolute Gasteiger partial charge is 0.347 e. The van der Waals surface area contributed by atoms with E-state index >= 15 is 0 Å². The molecule has 0 aliphatic heterocycles. The highest BCUT2D eigenvalue weighted by Gasteiger charge is 2.32. The van der Waals surface area contributed by atoms with Crippen molar-refractivity contribution in [1.82, 2.24) is 30.6 Å². The Bertz CT molecular complexity index is 1170. The Hall–Kier alpha value is -3.31. The first-order chi connectivity index (χ1) is 15.4. The maximum Gasteiger partial charge on any atom is 0.433 e. The first kappa shape index (κ1) is 21.9. The van der Waals surface area contributed by atoms with Gasteiger partial charge in [-0.3, -0.25) is 9.78 Å². The quantitative estimate of drug-likeness (QED) is 0.349. The molecule has 3 heterocycles. The highest BCUT2D eigenvalue weighted by molar-refractivity contribution is 7.09. The summed E-state index contributed by atoms with van der Waals surface area (Å²) < 4.78 is 37.7. The number of H-pyrrole nitrogens is 1. The Morgan fingerprint density at radius 1 is 1.09 bits per heavy atom. The molecule has 0 atom stereocenters. The van der Waals surface area contributed by atoms with Crippen LogP contribution in [-0.2, 0) is 25.7 Å². The molecule has 0 aliphatic carbocycles. The molecule has 0 radical (unpaired) electrons. The van der Waals surface area contributed by atoms with Gasteiger partial charge < -0.3 is 15.6 Å². The number of pyridine rings is 1. The van der Waals surface area contributed by atoms with Gasteiger partial charge in [-0.05, 0) is 23.8 Å². The van der Waals surface area contributed by atoms with Gasteiger partial charge in [0.05, 0.1) is 22.6 Å². The highest BCUT2D eigenvalue weighted by Crippen LogP contribution is 2.27. The van der Waals surface area contributed by atoms with Crippen LogP contribution in [0, 0.1) is 0 Å². The van der Waals surface area contributed by atoms with Crippen molar-refractivity contribution in [3.63, 3.8) is 0 Å². The summed E-state index contributed by atoms with van der Waals surface area (Å²) >= 11 is 1.38. The van der Waals surface area contributed by atoms with Crippen LogP contribution in [0.4, 0.5) is 13.2 Å². The average Bonchev–Trinajstić information content (AvgIpc) is 3.41. The van der Waals surface area contributed by atoms with E-state index in [4.69, 9.17) is 0 Å². The van der Waals surface area contributed by atoms with Crippen LogP contribution in [0.2, 0.25) is 0 Å². The zero-order valence-electron chi connectivity index (χ0n) is 16.7. The van der Waals surface area contributed by atoms with Crippen LogP contribution in [0.15, 0.2) is 48.0 Å². The van der Waals surface area contributed by atoms with Crippen molar-refractivity contribution in [3.05, 3.63) is 75.8 Å². The number of rotatable bonds is 8. The van der Waals surface area contributed by atoms with Gasteiger partial charge >= 0.3 is 6.18 Å². The second-order valence-corrected chi connectivity index (χ2v) is 7.93. The van der Waals surface area contributed by atoms with Gasteiger partial charge in [0.15, 0.2) is 0 Å². The molecule has 3 N–H and O–H groups in total. The summed E-state index contributed by atoms with van der Waals surface area (Å²) in [6, 6.07) is 10.00. The van der Waals surface area contributed by atoms with Gasteiger partial charge in [-0.1, -0.05) is 18.2 Å². The summed E-state index contributed by atoms with van der Waals surface area (Å²) in [5, 5.41) is 8.41. The molecule has 0 saturated heterocycles. The minimum absolute atomic E-state index is 0.0654. The molecule has 166 valence electrons. The molecule has 0 aliphatic rings. The van der Waals surface area contributed by atoms with E-state index in [-0.39, 0.29) is 18.1 Å². The van der Waals surface area contributed by atoms with Crippen LogP contribution < -0.4 is 10.6 Å². The molecular formula is C21H19F3N6OS. The molecule has 0 bridgehead atoms. The number of para-hydroxylation sites is 2. The number of carbonyl (C=O) groups is 1. The number of imidazole rings is 1. The number of hydrogen-bond donors (Lipinski definition) is 3. The number of amides is 1. The number of carbonyl (C=O) groups excluding carboxylic acids is 1. The highest BCUT2D eigenvalue weighted by atomic mass is 32.1. The standard InChI is InChI=1S/C21H19F3N6OS/c22-21(23,24)17-6-5-13(9-26-17)10-27-20(31)16-12-32-19(30-16)7-8-25-11-18-28-14-3-1-2-4-15(14)29-18/h1-6,9,12,25H,7-8,10-11H2,(H,27,31)(H,28,29). The van der Waals surface area contributed by atoms with Crippen molar-refractivity contribution < 1.29 is 18.0 Å². The Balaban J connectivity index is 1.22. The minimum atomic E-state index is -4.49. The maximum absolute atomic E-state index is 12.6. The van der Waals surface area contributed by atoms with Gasteiger partial charge in [0.1, 0.15) is 17.2 Å². The number of thiazole rings is 1. The normalized spacial score (nSPS) is 11.7. The molecule has 32 heavy (non-hydrogen) atoms. The molecule has 3 aromatic heterocycles. The maximum atomic E-state index is 12.6. The second kappa shape index (κ2) is 9.45. The Morgan fingerprint density at radius 3 is 2.69 bits per heavy atom. The lowest BCUT2D eigenvalue weighted by Gasteiger charge is -2.07. The summed E-state index contributed by atoms with van der Waals surface area (Å²) in [5.41, 5.74) is 1.70. The van der Waals surface area contributed by atoms with E-state index in [2.05, 4.69) is 30.6 Å². The number of halogens is 3. The molecule has 1 aromatic carbocycles. The first-order valence-electron chi connectivity index (χ1n) is 9.77. The number of benzene rings is 1. The molecule has 0 spiro atoms. The van der Waals surface area contributed by atoms with Gasteiger partial charge in [0.2, 0.25) is 0 Å². The van der Waals surface area contributed by atoms with E-state index in [9.17, 15) is 18.0 Å². The fourth-order valence-corrected chi connectivity index (χ4v) is 3.77. The molecule has 11 heteroatoms. The SMILES string of the molecule is O=C(NCc1ccc(C(F)(F)F)nc1)c1csc(CCNCc2nc3ccccc3[nH]2)n1. The molecule has 0 saturated carbocycles. The Labute approximate surface area is 185 Å². The molecule has 4 rings (SSSR count). The van der Waals surface area contributed by atoms with E-state index < -0.39 is 11.9 Å². The van der Waals surface area contributed by atoms with Gasteiger partial charge in [-0.2, -0.15) is 13.2 Å². The van der Waals surface area contributed by atoms with Crippen molar-refractivity contribution in [3.8, 4) is 0 Å². The van der Waals surface area contributed by atoms with Crippen LogP contribution in [0.3, 0.4) is 0 Å². The van der Waals surface area contributed by atoms with Gasteiger partial charge in [-0.15, -0.1) is 11.3 Å². The number of hydrogen-bond acceptors (Lipinski definition) is 6. The van der Waals surface area contributed by atoms with Crippen LogP contribution in [-0.4, -0.2) is 32.4 Å². The molecule has 0 unspecified atom stereocenters. The molecular weight excluding hydrogens is 441 g/mol. The summed E-state index contributed by atoms with van der Waals surface area (Å²) in [6.45, 7) is 1.33. The lowest BCUT2D eigenvalue weighted by Crippen LogP contribution is -2.23. The second-order valence-electron chi connectivity index (χ2n) is 6.99. The fraction of sp³-hybridized carbons (Fsp3) is 0.238. The molecule has 0 fully saturated rings. The third-order valence-corrected chi connectivity index (χ3v) is 5.51. The van der Waals surface area contributed by atoms with Crippen molar-refractivity contribution in [2.24, 2.45) is 0 Å². The molecule has 1 amide bonds. The van der Waals surface area contributed by atoms with Crippen molar-refractivity contribution in [2.45, 2.75) is 25.7 Å². The largest absolute Gasteiger partial charge is 0.433 e. The number of nitrogens with zero attached hydrogens (tertiary/aromatic N) is 3. The topological polar surface area (TPSA) is 95.6 Å². The van der Waals surface area contributed by atoms with Crippen LogP contribution >= 0.6 is 11.3 Å². The first-order valence-corrected chi connectivity index (χ1v) is 10.7. The monoisotopic (exact) mass is 460 g/mol. The van der Waals surface area contributed by atoms with Gasteiger partial charge in [0.25, 0.3) is 5.91 Å².